The molecule has 0 fully saturated rings. The van der Waals surface area contributed by atoms with Crippen LogP contribution in [0.2, 0.25) is 0 Å². The van der Waals surface area contributed by atoms with Gasteiger partial charge in [-0.25, -0.2) is 9.07 Å². The van der Waals surface area contributed by atoms with E-state index in [1.54, 1.807) is 30.3 Å². The number of amides is 1. The lowest BCUT2D eigenvalue weighted by Crippen LogP contribution is -2.25. The smallest absolute Gasteiger partial charge is 0.271 e. The molecule has 1 aromatic heterocycles. The highest BCUT2D eigenvalue weighted by molar-refractivity contribution is 5.94. The van der Waals surface area contributed by atoms with Crippen LogP contribution in [0.5, 0.6) is 0 Å². The van der Waals surface area contributed by atoms with E-state index in [0.717, 1.165) is 22.3 Å². The van der Waals surface area contributed by atoms with E-state index in [-0.39, 0.29) is 23.7 Å². The van der Waals surface area contributed by atoms with Crippen molar-refractivity contribution in [2.24, 2.45) is 0 Å². The maximum Gasteiger partial charge on any atom is 0.271 e. The normalized spacial score (nSPS) is 10.8. The number of carbonyl (C=O) groups is 1. The van der Waals surface area contributed by atoms with Crippen LogP contribution in [0.1, 0.15) is 27.2 Å². The van der Waals surface area contributed by atoms with Crippen molar-refractivity contribution in [3.05, 3.63) is 111 Å². The Morgan fingerprint density at radius 3 is 2.48 bits per heavy atom. The van der Waals surface area contributed by atoms with Gasteiger partial charge in [-0.15, -0.1) is 0 Å². The Labute approximate surface area is 189 Å². The maximum absolute atomic E-state index is 13.2. The van der Waals surface area contributed by atoms with E-state index in [4.69, 9.17) is 0 Å². The van der Waals surface area contributed by atoms with Gasteiger partial charge in [0, 0.05) is 24.2 Å². The largest absolute Gasteiger partial charge is 0.347 e. The van der Waals surface area contributed by atoms with Crippen molar-refractivity contribution < 1.29 is 14.1 Å². The van der Waals surface area contributed by atoms with E-state index in [1.807, 2.05) is 32.0 Å². The second-order valence-electron chi connectivity index (χ2n) is 7.71. The van der Waals surface area contributed by atoms with Crippen LogP contribution >= 0.6 is 0 Å². The molecule has 166 valence electrons. The van der Waals surface area contributed by atoms with Gasteiger partial charge in [0.25, 0.3) is 11.6 Å². The summed E-state index contributed by atoms with van der Waals surface area (Å²) < 4.78 is 14.6. The minimum atomic E-state index is -0.495. The number of non-ortho nitro benzene ring substituents is 1. The number of carbonyl (C=O) groups excluding carboxylic acids is 1. The van der Waals surface area contributed by atoms with E-state index >= 15 is 0 Å². The molecule has 0 atom stereocenters. The van der Waals surface area contributed by atoms with E-state index < -0.39 is 10.8 Å². The van der Waals surface area contributed by atoms with Crippen LogP contribution in [-0.4, -0.2) is 20.6 Å². The van der Waals surface area contributed by atoms with E-state index in [9.17, 15) is 19.3 Å². The summed E-state index contributed by atoms with van der Waals surface area (Å²) in [5, 5.41) is 18.7. The Balaban J connectivity index is 1.73. The zero-order valence-corrected chi connectivity index (χ0v) is 18.1. The van der Waals surface area contributed by atoms with Crippen LogP contribution in [-0.2, 0) is 6.54 Å². The highest BCUT2D eigenvalue weighted by Crippen LogP contribution is 2.25. The SMILES string of the molecule is Cc1ccc(-c2cc(C(=O)NCc3ccc(F)cc3)n(-c3cccc([N+](=O)[O-])c3)n2)cc1C. The predicted molar refractivity (Wildman–Crippen MR) is 123 cm³/mol. The first-order chi connectivity index (χ1) is 15.8. The summed E-state index contributed by atoms with van der Waals surface area (Å²) in [7, 11) is 0. The van der Waals surface area contributed by atoms with Gasteiger partial charge in [0.15, 0.2) is 0 Å². The highest BCUT2D eigenvalue weighted by atomic mass is 19.1. The molecule has 3 aromatic carbocycles. The van der Waals surface area contributed by atoms with Gasteiger partial charge in [-0.1, -0.05) is 30.3 Å². The Morgan fingerprint density at radius 1 is 1.03 bits per heavy atom. The molecule has 8 heteroatoms. The first kappa shape index (κ1) is 21.9. The quantitative estimate of drug-likeness (QED) is 0.330. The Morgan fingerprint density at radius 2 is 1.79 bits per heavy atom. The van der Waals surface area contributed by atoms with Gasteiger partial charge < -0.3 is 5.32 Å². The Bertz CT molecular complexity index is 1350. The molecule has 0 bridgehead atoms. The van der Waals surface area contributed by atoms with Crippen molar-refractivity contribution in [1.29, 1.82) is 0 Å². The van der Waals surface area contributed by atoms with Crippen molar-refractivity contribution in [1.82, 2.24) is 15.1 Å². The predicted octanol–water partition coefficient (Wildman–Crippen LogP) is 5.13. The van der Waals surface area contributed by atoms with Gasteiger partial charge in [0.05, 0.1) is 16.3 Å². The van der Waals surface area contributed by atoms with Crippen molar-refractivity contribution in [2.45, 2.75) is 20.4 Å². The molecule has 0 unspecified atom stereocenters. The summed E-state index contributed by atoms with van der Waals surface area (Å²) >= 11 is 0. The Hall–Kier alpha value is -4.33. The first-order valence-corrected chi connectivity index (χ1v) is 10.3. The molecule has 4 rings (SSSR count). The molecular formula is C25H21FN4O3. The van der Waals surface area contributed by atoms with E-state index in [1.165, 1.54) is 28.9 Å². The zero-order chi connectivity index (χ0) is 23.5. The zero-order valence-electron chi connectivity index (χ0n) is 18.1. The molecule has 0 spiro atoms. The minimum absolute atomic E-state index is 0.103. The molecule has 1 heterocycles. The minimum Gasteiger partial charge on any atom is -0.347 e. The standard InChI is InChI=1S/C25H21FN4O3/c1-16-6-9-19(12-17(16)2)23-14-24(25(31)27-15-18-7-10-20(26)11-8-18)29(28-23)21-4-3-5-22(13-21)30(32)33/h3-14H,15H2,1-2H3,(H,27,31). The van der Waals surface area contributed by atoms with Crippen molar-refractivity contribution >= 4 is 11.6 Å². The van der Waals surface area contributed by atoms with Gasteiger partial charge in [-0.05, 0) is 60.9 Å². The van der Waals surface area contributed by atoms with E-state index in [2.05, 4.69) is 10.4 Å². The lowest BCUT2D eigenvalue weighted by atomic mass is 10.0. The third-order valence-electron chi connectivity index (χ3n) is 5.40. The lowest BCUT2D eigenvalue weighted by Gasteiger charge is -2.08. The summed E-state index contributed by atoms with van der Waals surface area (Å²) in [4.78, 5) is 23.8. The summed E-state index contributed by atoms with van der Waals surface area (Å²) in [6, 6.07) is 19.3. The van der Waals surface area contributed by atoms with Crippen molar-refractivity contribution in [3.63, 3.8) is 0 Å². The number of nitro benzene ring substituents is 1. The van der Waals surface area contributed by atoms with Crippen LogP contribution < -0.4 is 5.32 Å². The number of aromatic nitrogens is 2. The maximum atomic E-state index is 13.2. The van der Waals surface area contributed by atoms with Crippen molar-refractivity contribution in [2.75, 3.05) is 0 Å². The summed E-state index contributed by atoms with van der Waals surface area (Å²) in [6.45, 7) is 4.19. The highest BCUT2D eigenvalue weighted by Gasteiger charge is 2.19. The molecule has 0 aliphatic carbocycles. The van der Waals surface area contributed by atoms with Crippen LogP contribution in [0.4, 0.5) is 10.1 Å². The van der Waals surface area contributed by atoms with E-state index in [0.29, 0.717) is 11.4 Å². The summed E-state index contributed by atoms with van der Waals surface area (Å²) in [5.74, 6) is -0.764. The van der Waals surface area contributed by atoms with Gasteiger partial charge in [0.1, 0.15) is 11.5 Å². The summed E-state index contributed by atoms with van der Waals surface area (Å²) in [6.07, 6.45) is 0. The number of aryl methyl sites for hydroxylation is 2. The number of nitrogens with one attached hydrogen (secondary N) is 1. The van der Waals surface area contributed by atoms with Crippen LogP contribution in [0, 0.1) is 29.8 Å². The number of hydrogen-bond donors (Lipinski definition) is 1. The molecular weight excluding hydrogens is 423 g/mol. The molecule has 0 radical (unpaired) electrons. The topological polar surface area (TPSA) is 90.1 Å². The molecule has 7 nitrogen and oxygen atoms in total. The number of nitrogens with zero attached hydrogens (tertiary/aromatic N) is 3. The molecule has 4 aromatic rings. The molecule has 33 heavy (non-hydrogen) atoms. The summed E-state index contributed by atoms with van der Waals surface area (Å²) in [5.41, 5.74) is 4.87. The average Bonchev–Trinajstić information content (AvgIpc) is 3.26. The molecule has 0 saturated carbocycles. The molecule has 1 amide bonds. The van der Waals surface area contributed by atoms with Crippen LogP contribution in [0.25, 0.3) is 16.9 Å². The number of rotatable bonds is 6. The number of halogens is 1. The third-order valence-corrected chi connectivity index (χ3v) is 5.40. The lowest BCUT2D eigenvalue weighted by molar-refractivity contribution is -0.384. The fourth-order valence-electron chi connectivity index (χ4n) is 3.39. The molecule has 0 saturated heterocycles. The van der Waals surface area contributed by atoms with Crippen LogP contribution in [0.15, 0.2) is 72.8 Å². The Kier molecular flexibility index (Phi) is 5.99. The van der Waals surface area contributed by atoms with Gasteiger partial charge in [-0.2, -0.15) is 5.10 Å². The second-order valence-corrected chi connectivity index (χ2v) is 7.71. The monoisotopic (exact) mass is 444 g/mol. The van der Waals surface area contributed by atoms with Gasteiger partial charge >= 0.3 is 0 Å². The molecule has 1 N–H and O–H groups in total. The van der Waals surface area contributed by atoms with Gasteiger partial charge in [-0.3, -0.25) is 14.9 Å². The fourth-order valence-corrected chi connectivity index (χ4v) is 3.39. The fraction of sp³-hybridized carbons (Fsp3) is 0.120. The molecule has 0 aliphatic rings. The second kappa shape index (κ2) is 9.04. The van der Waals surface area contributed by atoms with Crippen LogP contribution in [0.3, 0.4) is 0 Å². The third kappa shape index (κ3) is 4.79. The number of hydrogen-bond acceptors (Lipinski definition) is 4. The number of benzene rings is 3. The van der Waals surface area contributed by atoms with Crippen molar-refractivity contribution in [3.8, 4) is 16.9 Å². The van der Waals surface area contributed by atoms with Gasteiger partial charge in [0.2, 0.25) is 0 Å². The average molecular weight is 444 g/mol. The first-order valence-electron chi connectivity index (χ1n) is 10.3. The molecule has 0 aliphatic heterocycles. The number of nitro groups is 1.